The Hall–Kier alpha value is -1.66. The van der Waals surface area contributed by atoms with E-state index in [1.54, 1.807) is 18.2 Å². The maximum Gasteiger partial charge on any atom is 0.175 e. The number of Topliss-reactive ketones (excluding diaryl/α,β-unsaturated/α-hetero) is 1. The van der Waals surface area contributed by atoms with Gasteiger partial charge in [-0.25, -0.2) is 12.8 Å². The number of hydrogen-bond acceptors (Lipinski definition) is 4. The first kappa shape index (κ1) is 15.7. The molecular weight excluding hydrogens is 311 g/mol. The third-order valence-electron chi connectivity index (χ3n) is 2.82. The Balaban J connectivity index is 2.37. The number of ketones is 1. The lowest BCUT2D eigenvalue weighted by atomic mass is 10.1. The first-order chi connectivity index (χ1) is 9.79. The Morgan fingerprint density at radius 1 is 1.10 bits per heavy atom. The van der Waals surface area contributed by atoms with Crippen LogP contribution in [0.25, 0.3) is 0 Å². The van der Waals surface area contributed by atoms with Crippen LogP contribution < -0.4 is 0 Å². The molecule has 0 bridgehead atoms. The van der Waals surface area contributed by atoms with Crippen molar-refractivity contribution in [2.45, 2.75) is 21.6 Å². The fourth-order valence-electron chi connectivity index (χ4n) is 1.76. The number of hydrogen-bond donors (Lipinski definition) is 0. The van der Waals surface area contributed by atoms with E-state index in [9.17, 15) is 17.6 Å². The van der Waals surface area contributed by atoms with E-state index in [0.717, 1.165) is 18.0 Å². The van der Waals surface area contributed by atoms with Crippen molar-refractivity contribution < 1.29 is 17.6 Å². The number of rotatable bonds is 4. The summed E-state index contributed by atoms with van der Waals surface area (Å²) >= 11 is 1.10. The van der Waals surface area contributed by atoms with Crippen LogP contribution in [-0.2, 0) is 9.84 Å². The second kappa shape index (κ2) is 5.99. The molecule has 0 aliphatic carbocycles. The minimum atomic E-state index is -3.26. The summed E-state index contributed by atoms with van der Waals surface area (Å²) in [4.78, 5) is 12.6. The van der Waals surface area contributed by atoms with Gasteiger partial charge in [0.05, 0.1) is 9.79 Å². The van der Waals surface area contributed by atoms with Gasteiger partial charge in [0.15, 0.2) is 15.6 Å². The molecule has 0 aliphatic heterocycles. The zero-order chi connectivity index (χ0) is 15.6. The Labute approximate surface area is 127 Å². The summed E-state index contributed by atoms with van der Waals surface area (Å²) in [6.45, 7) is 1.38. The largest absolute Gasteiger partial charge is 0.294 e. The van der Waals surface area contributed by atoms with Crippen molar-refractivity contribution in [2.24, 2.45) is 0 Å². The van der Waals surface area contributed by atoms with Crippen LogP contribution in [0.15, 0.2) is 57.2 Å². The van der Waals surface area contributed by atoms with Gasteiger partial charge in [-0.3, -0.25) is 4.79 Å². The van der Waals surface area contributed by atoms with E-state index in [2.05, 4.69) is 0 Å². The van der Waals surface area contributed by atoms with Crippen molar-refractivity contribution >= 4 is 27.4 Å². The van der Waals surface area contributed by atoms with Crippen molar-refractivity contribution in [3.8, 4) is 0 Å². The van der Waals surface area contributed by atoms with Gasteiger partial charge in [0, 0.05) is 16.7 Å². The molecule has 2 aromatic rings. The summed E-state index contributed by atoms with van der Waals surface area (Å²) in [5.74, 6) is -0.690. The average Bonchev–Trinajstić information content (AvgIpc) is 2.40. The van der Waals surface area contributed by atoms with Crippen molar-refractivity contribution in [1.29, 1.82) is 0 Å². The Morgan fingerprint density at radius 3 is 2.24 bits per heavy atom. The monoisotopic (exact) mass is 324 g/mol. The molecule has 0 radical (unpaired) electrons. The van der Waals surface area contributed by atoms with Gasteiger partial charge in [-0.05, 0) is 37.3 Å². The van der Waals surface area contributed by atoms with Crippen LogP contribution in [0.1, 0.15) is 17.3 Å². The van der Waals surface area contributed by atoms with Crippen LogP contribution in [0.4, 0.5) is 4.39 Å². The molecule has 21 heavy (non-hydrogen) atoms. The van der Waals surface area contributed by atoms with E-state index in [4.69, 9.17) is 0 Å². The third kappa shape index (κ3) is 3.71. The molecule has 0 N–H and O–H groups in total. The maximum atomic E-state index is 13.9. The van der Waals surface area contributed by atoms with Crippen LogP contribution in [0.5, 0.6) is 0 Å². The summed E-state index contributed by atoms with van der Waals surface area (Å²) in [7, 11) is -3.26. The summed E-state index contributed by atoms with van der Waals surface area (Å²) in [5, 5.41) is 0. The van der Waals surface area contributed by atoms with Crippen molar-refractivity contribution in [2.75, 3.05) is 6.26 Å². The molecule has 0 atom stereocenters. The second-order valence-electron chi connectivity index (χ2n) is 4.52. The quantitative estimate of drug-likeness (QED) is 0.807. The third-order valence-corrected chi connectivity index (χ3v) is 5.07. The van der Waals surface area contributed by atoms with Gasteiger partial charge in [0.1, 0.15) is 5.82 Å². The fraction of sp³-hybridized carbons (Fsp3) is 0.133. The van der Waals surface area contributed by atoms with Crippen molar-refractivity contribution in [1.82, 2.24) is 0 Å². The second-order valence-corrected chi connectivity index (χ2v) is 7.62. The highest BCUT2D eigenvalue weighted by atomic mass is 32.2. The average molecular weight is 324 g/mol. The number of carbonyl (C=O) groups excluding carboxylic acids is 1. The van der Waals surface area contributed by atoms with E-state index in [1.807, 2.05) is 0 Å². The first-order valence-corrected chi connectivity index (χ1v) is 8.77. The summed E-state index contributed by atoms with van der Waals surface area (Å²) in [5.41, 5.74) is 0.312. The molecule has 0 fully saturated rings. The van der Waals surface area contributed by atoms with Crippen molar-refractivity contribution in [3.05, 3.63) is 53.8 Å². The highest BCUT2D eigenvalue weighted by molar-refractivity contribution is 7.99. The number of sulfone groups is 1. The standard InChI is InChI=1S/C15H13FO3S2/c1-10(17)13-4-3-5-14(16)15(13)20-11-6-8-12(9-7-11)21(2,18)19/h3-9H,1-2H3. The molecule has 3 nitrogen and oxygen atoms in total. The predicted octanol–water partition coefficient (Wildman–Crippen LogP) is 3.58. The SMILES string of the molecule is CC(=O)c1cccc(F)c1Sc1ccc(S(C)(=O)=O)cc1. The molecule has 2 rings (SSSR count). The Morgan fingerprint density at radius 2 is 1.71 bits per heavy atom. The van der Waals surface area contributed by atoms with Gasteiger partial charge in [-0.1, -0.05) is 23.9 Å². The Kier molecular flexibility index (Phi) is 4.49. The highest BCUT2D eigenvalue weighted by Crippen LogP contribution is 2.33. The lowest BCUT2D eigenvalue weighted by molar-refractivity contribution is 0.101. The van der Waals surface area contributed by atoms with E-state index in [-0.39, 0.29) is 15.6 Å². The summed E-state index contributed by atoms with van der Waals surface area (Å²) < 4.78 is 36.7. The number of benzene rings is 2. The maximum absolute atomic E-state index is 13.9. The van der Waals surface area contributed by atoms with Gasteiger partial charge in [0.2, 0.25) is 0 Å². The van der Waals surface area contributed by atoms with Gasteiger partial charge < -0.3 is 0 Å². The molecule has 2 aromatic carbocycles. The van der Waals surface area contributed by atoms with Crippen LogP contribution >= 0.6 is 11.8 Å². The normalized spacial score (nSPS) is 11.4. The zero-order valence-electron chi connectivity index (χ0n) is 11.5. The van der Waals surface area contributed by atoms with Gasteiger partial charge in [0.25, 0.3) is 0 Å². The van der Waals surface area contributed by atoms with E-state index in [0.29, 0.717) is 10.5 Å². The zero-order valence-corrected chi connectivity index (χ0v) is 13.1. The van der Waals surface area contributed by atoms with Gasteiger partial charge in [-0.2, -0.15) is 0 Å². The lowest BCUT2D eigenvalue weighted by Crippen LogP contribution is -1.98. The van der Waals surface area contributed by atoms with Crippen LogP contribution in [0, 0.1) is 5.82 Å². The Bertz CT molecular complexity index is 781. The molecular formula is C15H13FO3S2. The van der Waals surface area contributed by atoms with E-state index in [1.165, 1.54) is 31.2 Å². The van der Waals surface area contributed by atoms with E-state index >= 15 is 0 Å². The van der Waals surface area contributed by atoms with Crippen LogP contribution in [0.3, 0.4) is 0 Å². The first-order valence-electron chi connectivity index (χ1n) is 6.06. The summed E-state index contributed by atoms with van der Waals surface area (Å²) in [6.07, 6.45) is 1.12. The molecule has 0 saturated heterocycles. The van der Waals surface area contributed by atoms with Crippen LogP contribution in [0.2, 0.25) is 0 Å². The van der Waals surface area contributed by atoms with Gasteiger partial charge in [-0.15, -0.1) is 0 Å². The summed E-state index contributed by atoms with van der Waals surface area (Å²) in [6, 6.07) is 10.5. The predicted molar refractivity (Wildman–Crippen MR) is 80.1 cm³/mol. The number of halogens is 1. The van der Waals surface area contributed by atoms with Crippen molar-refractivity contribution in [3.63, 3.8) is 0 Å². The molecule has 6 heteroatoms. The van der Waals surface area contributed by atoms with Crippen LogP contribution in [-0.4, -0.2) is 20.5 Å². The number of carbonyl (C=O) groups is 1. The minimum Gasteiger partial charge on any atom is -0.294 e. The molecule has 0 saturated carbocycles. The molecule has 0 unspecified atom stereocenters. The lowest BCUT2D eigenvalue weighted by Gasteiger charge is -2.08. The topological polar surface area (TPSA) is 51.2 Å². The minimum absolute atomic E-state index is 0.201. The molecule has 0 aromatic heterocycles. The molecule has 0 aliphatic rings. The van der Waals surface area contributed by atoms with E-state index < -0.39 is 15.7 Å². The molecule has 110 valence electrons. The fourth-order valence-corrected chi connectivity index (χ4v) is 3.39. The highest BCUT2D eigenvalue weighted by Gasteiger charge is 2.14. The van der Waals surface area contributed by atoms with Gasteiger partial charge >= 0.3 is 0 Å². The molecule has 0 spiro atoms. The smallest absolute Gasteiger partial charge is 0.175 e. The molecule has 0 heterocycles. The molecule has 0 amide bonds.